The van der Waals surface area contributed by atoms with Crippen molar-refractivity contribution in [3.8, 4) is 11.4 Å². The molecule has 1 aliphatic rings. The topological polar surface area (TPSA) is 58.2 Å². The van der Waals surface area contributed by atoms with Crippen molar-refractivity contribution in [1.82, 2.24) is 9.97 Å². The fourth-order valence-electron chi connectivity index (χ4n) is 2.49. The van der Waals surface area contributed by atoms with Gasteiger partial charge < -0.3 is 14.6 Å². The Bertz CT molecular complexity index is 784. The largest absolute Gasteiger partial charge is 0.378 e. The highest BCUT2D eigenvalue weighted by Gasteiger charge is 2.16. The van der Waals surface area contributed by atoms with Crippen LogP contribution < -0.4 is 10.3 Å². The van der Waals surface area contributed by atoms with E-state index < -0.39 is 0 Å². The van der Waals surface area contributed by atoms with Gasteiger partial charge in [0.05, 0.1) is 13.2 Å². The first kappa shape index (κ1) is 14.9. The molecular weight excluding hydrogens is 298 g/mol. The SMILES string of the molecule is Cc1c(N2CCOCC2)[nH]c(-c2ccccc2)nc(=S)c1=O. The predicted molar refractivity (Wildman–Crippen MR) is 88.9 cm³/mol. The predicted octanol–water partition coefficient (Wildman–Crippen LogP) is 2.31. The van der Waals surface area contributed by atoms with E-state index in [2.05, 4.69) is 14.9 Å². The molecular formula is C16H17N3O2S. The highest BCUT2D eigenvalue weighted by molar-refractivity contribution is 7.71. The molecule has 1 aromatic heterocycles. The van der Waals surface area contributed by atoms with E-state index in [0.29, 0.717) is 24.6 Å². The van der Waals surface area contributed by atoms with Crippen molar-refractivity contribution in [1.29, 1.82) is 0 Å². The number of nitrogens with zero attached hydrogens (tertiary/aromatic N) is 2. The molecule has 5 nitrogen and oxygen atoms in total. The minimum absolute atomic E-state index is 0.0899. The summed E-state index contributed by atoms with van der Waals surface area (Å²) in [5, 5.41) is 0. The molecule has 22 heavy (non-hydrogen) atoms. The Kier molecular flexibility index (Phi) is 4.31. The van der Waals surface area contributed by atoms with Gasteiger partial charge in [0.2, 0.25) is 5.43 Å². The molecule has 0 atom stereocenters. The van der Waals surface area contributed by atoms with Gasteiger partial charge in [-0.25, -0.2) is 4.98 Å². The second-order valence-corrected chi connectivity index (χ2v) is 5.55. The first-order valence-electron chi connectivity index (χ1n) is 7.20. The van der Waals surface area contributed by atoms with Gasteiger partial charge in [-0.2, -0.15) is 0 Å². The number of H-pyrrole nitrogens is 1. The van der Waals surface area contributed by atoms with Crippen molar-refractivity contribution in [2.24, 2.45) is 0 Å². The number of ether oxygens (including phenoxy) is 1. The van der Waals surface area contributed by atoms with Crippen LogP contribution in [0.4, 0.5) is 5.82 Å². The normalized spacial score (nSPS) is 14.9. The summed E-state index contributed by atoms with van der Waals surface area (Å²) in [6.07, 6.45) is 0. The third kappa shape index (κ3) is 2.93. The first-order chi connectivity index (χ1) is 10.7. The van der Waals surface area contributed by atoms with Gasteiger partial charge in [-0.3, -0.25) is 4.79 Å². The summed E-state index contributed by atoms with van der Waals surface area (Å²) in [6, 6.07) is 9.68. The van der Waals surface area contributed by atoms with E-state index in [-0.39, 0.29) is 10.1 Å². The number of benzene rings is 1. The van der Waals surface area contributed by atoms with Crippen LogP contribution in [0.1, 0.15) is 5.56 Å². The number of nitrogens with one attached hydrogen (secondary N) is 1. The molecule has 0 aliphatic carbocycles. The zero-order valence-electron chi connectivity index (χ0n) is 12.3. The lowest BCUT2D eigenvalue weighted by Gasteiger charge is -2.28. The van der Waals surface area contributed by atoms with Crippen LogP contribution in [0.3, 0.4) is 0 Å². The Labute approximate surface area is 133 Å². The summed E-state index contributed by atoms with van der Waals surface area (Å²) in [4.78, 5) is 22.1. The van der Waals surface area contributed by atoms with Crippen molar-refractivity contribution >= 4 is 18.0 Å². The summed E-state index contributed by atoms with van der Waals surface area (Å²) in [6.45, 7) is 4.56. The zero-order valence-corrected chi connectivity index (χ0v) is 13.2. The molecule has 1 aliphatic heterocycles. The van der Waals surface area contributed by atoms with E-state index in [1.54, 1.807) is 6.92 Å². The lowest BCUT2D eigenvalue weighted by atomic mass is 10.2. The molecule has 0 radical (unpaired) electrons. The van der Waals surface area contributed by atoms with Crippen LogP contribution in [0.25, 0.3) is 11.4 Å². The molecule has 2 aromatic rings. The summed E-state index contributed by atoms with van der Waals surface area (Å²) in [5.74, 6) is 1.38. The molecule has 0 spiro atoms. The van der Waals surface area contributed by atoms with Gasteiger partial charge in [0.1, 0.15) is 11.6 Å². The van der Waals surface area contributed by atoms with E-state index in [1.165, 1.54) is 0 Å². The lowest BCUT2D eigenvalue weighted by Crippen LogP contribution is -2.37. The molecule has 2 heterocycles. The molecule has 3 rings (SSSR count). The number of aromatic amines is 1. The number of anilines is 1. The van der Waals surface area contributed by atoms with Gasteiger partial charge in [-0.15, -0.1) is 0 Å². The van der Waals surface area contributed by atoms with Crippen molar-refractivity contribution < 1.29 is 4.74 Å². The highest BCUT2D eigenvalue weighted by atomic mass is 32.1. The second kappa shape index (κ2) is 6.37. The fourth-order valence-corrected chi connectivity index (χ4v) is 2.73. The number of morpholine rings is 1. The minimum Gasteiger partial charge on any atom is -0.378 e. The molecule has 1 aromatic carbocycles. The second-order valence-electron chi connectivity index (χ2n) is 5.16. The number of rotatable bonds is 2. The molecule has 0 amide bonds. The van der Waals surface area contributed by atoms with Gasteiger partial charge in [0.25, 0.3) is 0 Å². The summed E-state index contributed by atoms with van der Waals surface area (Å²) < 4.78 is 5.47. The first-order valence-corrected chi connectivity index (χ1v) is 7.61. The van der Waals surface area contributed by atoms with Gasteiger partial charge in [-0.1, -0.05) is 42.5 Å². The van der Waals surface area contributed by atoms with Gasteiger partial charge in [-0.05, 0) is 6.92 Å². The summed E-state index contributed by atoms with van der Waals surface area (Å²) >= 11 is 5.17. The van der Waals surface area contributed by atoms with Crippen LogP contribution in [0.5, 0.6) is 0 Å². The fraction of sp³-hybridized carbons (Fsp3) is 0.312. The summed E-state index contributed by atoms with van der Waals surface area (Å²) in [7, 11) is 0. The molecule has 0 unspecified atom stereocenters. The number of aromatic nitrogens is 2. The van der Waals surface area contributed by atoms with Gasteiger partial charge >= 0.3 is 0 Å². The average molecular weight is 315 g/mol. The molecule has 1 fully saturated rings. The molecule has 114 valence electrons. The van der Waals surface area contributed by atoms with Crippen molar-refractivity contribution in [3.05, 3.63) is 50.8 Å². The van der Waals surface area contributed by atoms with Crippen LogP contribution in [-0.4, -0.2) is 36.3 Å². The standard InChI is InChI=1S/C16H17N3O2S/c1-11-13(20)16(22)18-14(12-5-3-2-4-6-12)17-15(11)19-7-9-21-10-8-19/h2-6H,7-10H2,1H3,(H,17,18,20,22). The maximum atomic E-state index is 12.4. The maximum Gasteiger partial charge on any atom is 0.221 e. The van der Waals surface area contributed by atoms with Crippen molar-refractivity contribution in [2.45, 2.75) is 6.92 Å². The Balaban J connectivity index is 2.21. The third-order valence-corrected chi connectivity index (χ3v) is 3.99. The Morgan fingerprint density at radius 1 is 1.23 bits per heavy atom. The van der Waals surface area contributed by atoms with Crippen LogP contribution in [0.15, 0.2) is 35.1 Å². The minimum atomic E-state index is -0.199. The maximum absolute atomic E-state index is 12.4. The Hall–Kier alpha value is -2.05. The Morgan fingerprint density at radius 2 is 1.91 bits per heavy atom. The number of hydrogen-bond donors (Lipinski definition) is 1. The van der Waals surface area contributed by atoms with Crippen LogP contribution in [-0.2, 0) is 4.74 Å². The van der Waals surface area contributed by atoms with Crippen LogP contribution >= 0.6 is 12.2 Å². The molecule has 0 saturated carbocycles. The van der Waals surface area contributed by atoms with E-state index in [0.717, 1.165) is 24.5 Å². The highest BCUT2D eigenvalue weighted by Crippen LogP contribution is 2.19. The Morgan fingerprint density at radius 3 is 2.59 bits per heavy atom. The molecule has 0 bridgehead atoms. The quantitative estimate of drug-likeness (QED) is 0.862. The zero-order chi connectivity index (χ0) is 15.5. The van der Waals surface area contributed by atoms with Gasteiger partial charge in [0, 0.05) is 24.2 Å². The van der Waals surface area contributed by atoms with E-state index >= 15 is 0 Å². The summed E-state index contributed by atoms with van der Waals surface area (Å²) in [5.41, 5.74) is 1.30. The molecule has 6 heteroatoms. The van der Waals surface area contributed by atoms with Crippen molar-refractivity contribution in [2.75, 3.05) is 31.2 Å². The lowest BCUT2D eigenvalue weighted by molar-refractivity contribution is 0.122. The monoisotopic (exact) mass is 315 g/mol. The average Bonchev–Trinajstić information content (AvgIpc) is 2.68. The smallest absolute Gasteiger partial charge is 0.221 e. The molecule has 1 N–H and O–H groups in total. The van der Waals surface area contributed by atoms with Crippen molar-refractivity contribution in [3.63, 3.8) is 0 Å². The van der Waals surface area contributed by atoms with Gasteiger partial charge in [0.15, 0.2) is 4.64 Å². The van der Waals surface area contributed by atoms with Crippen LogP contribution in [0, 0.1) is 11.6 Å². The number of hydrogen-bond acceptors (Lipinski definition) is 5. The molecule has 1 saturated heterocycles. The van der Waals surface area contributed by atoms with E-state index in [9.17, 15) is 4.79 Å². The third-order valence-electron chi connectivity index (χ3n) is 3.71. The van der Waals surface area contributed by atoms with E-state index in [4.69, 9.17) is 17.0 Å². The van der Waals surface area contributed by atoms with Crippen LogP contribution in [0.2, 0.25) is 0 Å². The van der Waals surface area contributed by atoms with E-state index in [1.807, 2.05) is 30.3 Å².